The molecule has 1 unspecified atom stereocenters. The second-order valence-electron chi connectivity index (χ2n) is 10.1. The van der Waals surface area contributed by atoms with Crippen molar-refractivity contribution in [3.63, 3.8) is 0 Å². The van der Waals surface area contributed by atoms with Gasteiger partial charge in [-0.1, -0.05) is 103 Å². The van der Waals surface area contributed by atoms with Crippen molar-refractivity contribution in [3.05, 3.63) is 12.7 Å². The van der Waals surface area contributed by atoms with Crippen molar-refractivity contribution in [3.8, 4) is 0 Å². The lowest BCUT2D eigenvalue weighted by molar-refractivity contribution is -0.873. The van der Waals surface area contributed by atoms with Crippen molar-refractivity contribution < 1.29 is 43.3 Å². The van der Waals surface area contributed by atoms with E-state index >= 15 is 0 Å². The molecule has 1 atom stereocenters. The number of quaternary nitrogens is 2. The van der Waals surface area contributed by atoms with Crippen molar-refractivity contribution in [1.29, 1.82) is 0 Å². The van der Waals surface area contributed by atoms with E-state index in [0.717, 1.165) is 11.0 Å². The van der Waals surface area contributed by atoms with Crippen LogP contribution in [0.3, 0.4) is 0 Å². The molecule has 0 aromatic heterocycles. The van der Waals surface area contributed by atoms with Crippen molar-refractivity contribution in [2.24, 2.45) is 0 Å². The third kappa shape index (κ3) is 41.4. The maximum Gasteiger partial charge on any atom is 0.0953 e. The summed E-state index contributed by atoms with van der Waals surface area (Å²) in [6.45, 7) is 11.9. The fourth-order valence-electron chi connectivity index (χ4n) is 3.32. The first kappa shape index (κ1) is 38.9. The number of nitrogens with zero attached hydrogens (tertiary/aromatic N) is 1. The van der Waals surface area contributed by atoms with Crippen LogP contribution < -0.4 is 38.9 Å². The minimum atomic E-state index is 0. The summed E-state index contributed by atoms with van der Waals surface area (Å²) in [5.41, 5.74) is 0. The number of unbranched alkanes of at least 4 members (excludes halogenated alkanes) is 15. The van der Waals surface area contributed by atoms with Gasteiger partial charge in [-0.3, -0.25) is 0 Å². The Labute approximate surface area is 219 Å². The molecule has 0 spiro atoms. The molecule has 0 radical (unpaired) electrons. The maximum absolute atomic E-state index is 3.80. The lowest BCUT2D eigenvalue weighted by Crippen LogP contribution is -3.08. The van der Waals surface area contributed by atoms with Gasteiger partial charge in [0.1, 0.15) is 0 Å². The minimum Gasteiger partial charge on any atom is -1.00 e. The standard InChI is InChI=1S/C22H45N.C5H14N.2BrH/c1-4-6-7-8-9-10-11-12-13-14-15-16-17-18-19-20-22-23(3)21-5-2;1-5-6(2,3)4;;/h5H,2,4,6-22H2,1,3H3;5H2,1-4H3;2*1H/q;+1;;/p-1. The van der Waals surface area contributed by atoms with Gasteiger partial charge in [-0.05, 0) is 25.8 Å². The van der Waals surface area contributed by atoms with Crippen molar-refractivity contribution in [2.75, 3.05) is 47.8 Å². The van der Waals surface area contributed by atoms with E-state index in [1.807, 2.05) is 6.08 Å². The summed E-state index contributed by atoms with van der Waals surface area (Å²) >= 11 is 0. The quantitative estimate of drug-likeness (QED) is 0.124. The summed E-state index contributed by atoms with van der Waals surface area (Å²) in [6, 6.07) is 0. The van der Waals surface area contributed by atoms with Crippen molar-refractivity contribution in [1.82, 2.24) is 0 Å². The molecule has 192 valence electrons. The van der Waals surface area contributed by atoms with Crippen LogP contribution in [0.1, 0.15) is 117 Å². The summed E-state index contributed by atoms with van der Waals surface area (Å²) in [6.07, 6.45) is 25.3. The molecule has 0 saturated heterocycles. The molecule has 0 aromatic rings. The van der Waals surface area contributed by atoms with E-state index in [0.29, 0.717) is 0 Å². The molecule has 0 saturated carbocycles. The summed E-state index contributed by atoms with van der Waals surface area (Å²) in [5, 5.41) is 0. The van der Waals surface area contributed by atoms with E-state index in [1.165, 1.54) is 116 Å². The van der Waals surface area contributed by atoms with Crippen LogP contribution in [0.5, 0.6) is 0 Å². The first-order valence-corrected chi connectivity index (χ1v) is 13.1. The van der Waals surface area contributed by atoms with Gasteiger partial charge >= 0.3 is 0 Å². The minimum absolute atomic E-state index is 0. The van der Waals surface area contributed by atoms with Crippen molar-refractivity contribution in [2.45, 2.75) is 117 Å². The molecule has 0 heterocycles. The lowest BCUT2D eigenvalue weighted by Gasteiger charge is -2.20. The molecule has 4 heteroatoms. The Balaban J connectivity index is -0.000000398. The van der Waals surface area contributed by atoms with Crippen LogP contribution in [0, 0.1) is 0 Å². The Morgan fingerprint density at radius 2 is 0.903 bits per heavy atom. The molecule has 0 amide bonds. The van der Waals surface area contributed by atoms with Crippen LogP contribution in [0.25, 0.3) is 0 Å². The van der Waals surface area contributed by atoms with Gasteiger partial charge < -0.3 is 43.3 Å². The van der Waals surface area contributed by atoms with Gasteiger partial charge in [-0.15, -0.1) is 0 Å². The molecule has 0 rings (SSSR count). The van der Waals surface area contributed by atoms with E-state index in [9.17, 15) is 0 Å². The number of nitrogens with one attached hydrogen (secondary N) is 1. The smallest absolute Gasteiger partial charge is 0.0953 e. The van der Waals surface area contributed by atoms with Gasteiger partial charge in [-0.2, -0.15) is 0 Å². The van der Waals surface area contributed by atoms with E-state index in [4.69, 9.17) is 0 Å². The zero-order valence-electron chi connectivity index (χ0n) is 22.4. The largest absolute Gasteiger partial charge is 1.00 e. The first-order chi connectivity index (χ1) is 13.9. The number of hydrogen-bond donors (Lipinski definition) is 1. The van der Waals surface area contributed by atoms with Gasteiger partial charge in [0.15, 0.2) is 0 Å². The SMILES string of the molecule is C=CC[NH+](C)CCCCCCCCCCCCCCCCCC.CC[N+](C)(C)C.[Br-].[Br-]. The molecule has 0 aliphatic rings. The predicted molar refractivity (Wildman–Crippen MR) is 135 cm³/mol. The number of likely N-dealkylation sites (N-methyl/N-ethyl adjacent to an activating group) is 1. The van der Waals surface area contributed by atoms with Crippen LogP contribution in [0.2, 0.25) is 0 Å². The molecule has 31 heavy (non-hydrogen) atoms. The summed E-state index contributed by atoms with van der Waals surface area (Å²) in [5.74, 6) is 0. The zero-order chi connectivity index (χ0) is 22.2. The molecule has 1 N–H and O–H groups in total. The Morgan fingerprint density at radius 3 is 1.16 bits per heavy atom. The second kappa shape index (κ2) is 30.6. The van der Waals surface area contributed by atoms with Gasteiger partial charge in [0, 0.05) is 0 Å². The van der Waals surface area contributed by atoms with Crippen molar-refractivity contribution >= 4 is 0 Å². The van der Waals surface area contributed by atoms with Gasteiger partial charge in [0.25, 0.3) is 0 Å². The number of rotatable bonds is 20. The summed E-state index contributed by atoms with van der Waals surface area (Å²) < 4.78 is 1.07. The molecule has 0 fully saturated rings. The highest BCUT2D eigenvalue weighted by Gasteiger charge is 1.99. The fraction of sp³-hybridized carbons (Fsp3) is 0.926. The van der Waals surface area contributed by atoms with Gasteiger partial charge in [0.05, 0.1) is 47.8 Å². The Morgan fingerprint density at radius 1 is 0.613 bits per heavy atom. The molecule has 0 aromatic carbocycles. The highest BCUT2D eigenvalue weighted by atomic mass is 79.9. The predicted octanol–water partition coefficient (Wildman–Crippen LogP) is 0.669. The van der Waals surface area contributed by atoms with Crippen LogP contribution in [0.15, 0.2) is 12.7 Å². The molecule has 2 nitrogen and oxygen atoms in total. The Kier molecular flexibility index (Phi) is 38.4. The molecule has 0 bridgehead atoms. The third-order valence-electron chi connectivity index (χ3n) is 5.90. The lowest BCUT2D eigenvalue weighted by atomic mass is 10.0. The Hall–Kier alpha value is 0.620. The second-order valence-corrected chi connectivity index (χ2v) is 10.1. The normalized spacial score (nSPS) is 11.5. The highest BCUT2D eigenvalue weighted by Crippen LogP contribution is 2.13. The number of halogens is 2. The topological polar surface area (TPSA) is 4.44 Å². The molecule has 0 aliphatic carbocycles. The van der Waals surface area contributed by atoms with Crippen LogP contribution in [-0.4, -0.2) is 52.3 Å². The van der Waals surface area contributed by atoms with Crippen LogP contribution in [-0.2, 0) is 0 Å². The maximum atomic E-state index is 3.80. The van der Waals surface area contributed by atoms with E-state index in [-0.39, 0.29) is 34.0 Å². The monoisotopic (exact) mass is 570 g/mol. The summed E-state index contributed by atoms with van der Waals surface area (Å²) in [4.78, 5) is 1.60. The fourth-order valence-corrected chi connectivity index (χ4v) is 3.32. The van der Waals surface area contributed by atoms with Gasteiger partial charge in [0.2, 0.25) is 0 Å². The molecular weight excluding hydrogens is 512 g/mol. The molecule has 0 aliphatic heterocycles. The molecular formula is C27H60Br2N2. The Bertz CT molecular complexity index is 317. The zero-order valence-corrected chi connectivity index (χ0v) is 25.6. The summed E-state index contributed by atoms with van der Waals surface area (Å²) in [7, 11) is 8.81. The van der Waals surface area contributed by atoms with E-state index < -0.39 is 0 Å². The van der Waals surface area contributed by atoms with E-state index in [2.05, 4.69) is 48.6 Å². The van der Waals surface area contributed by atoms with Crippen LogP contribution in [0.4, 0.5) is 0 Å². The highest BCUT2D eigenvalue weighted by molar-refractivity contribution is 4.62. The average Bonchev–Trinajstić information content (AvgIpc) is 2.68. The average molecular weight is 573 g/mol. The number of hydrogen-bond acceptors (Lipinski definition) is 0. The third-order valence-corrected chi connectivity index (χ3v) is 5.90. The first-order valence-electron chi connectivity index (χ1n) is 13.1. The van der Waals surface area contributed by atoms with Gasteiger partial charge in [-0.25, -0.2) is 0 Å². The van der Waals surface area contributed by atoms with Crippen LogP contribution >= 0.6 is 0 Å². The van der Waals surface area contributed by atoms with E-state index in [1.54, 1.807) is 4.90 Å².